The van der Waals surface area contributed by atoms with E-state index in [9.17, 15) is 13.5 Å². The van der Waals surface area contributed by atoms with E-state index >= 15 is 0 Å². The van der Waals surface area contributed by atoms with Crippen molar-refractivity contribution in [2.75, 3.05) is 4.72 Å². The fourth-order valence-corrected chi connectivity index (χ4v) is 4.81. The van der Waals surface area contributed by atoms with Gasteiger partial charge in [0.05, 0.1) is 5.69 Å². The number of aryl methyl sites for hydroxylation is 1. The molecule has 4 nitrogen and oxygen atoms in total. The Morgan fingerprint density at radius 2 is 2.06 bits per heavy atom. The van der Waals surface area contributed by atoms with Crippen molar-refractivity contribution in [2.24, 2.45) is 0 Å². The molecule has 0 spiro atoms. The molecule has 0 aliphatic rings. The molecule has 0 bridgehead atoms. The second-order valence-electron chi connectivity index (χ2n) is 3.63. The molecule has 0 fully saturated rings. The highest BCUT2D eigenvalue weighted by atomic mass is 79.9. The van der Waals surface area contributed by atoms with Gasteiger partial charge in [0.1, 0.15) is 5.75 Å². The van der Waals surface area contributed by atoms with E-state index in [1.165, 1.54) is 6.07 Å². The maximum Gasteiger partial charge on any atom is 0.272 e. The molecule has 1 aromatic heterocycles. The predicted octanol–water partition coefficient (Wildman–Crippen LogP) is 3.33. The van der Waals surface area contributed by atoms with Crippen LogP contribution in [0.2, 0.25) is 0 Å². The summed E-state index contributed by atoms with van der Waals surface area (Å²) in [5, 5.41) is 11.5. The zero-order chi connectivity index (χ0) is 13.3. The van der Waals surface area contributed by atoms with Crippen molar-refractivity contribution < 1.29 is 13.5 Å². The van der Waals surface area contributed by atoms with Crippen LogP contribution in [0.25, 0.3) is 0 Å². The fraction of sp³-hybridized carbons (Fsp3) is 0.0909. The van der Waals surface area contributed by atoms with Crippen molar-refractivity contribution >= 4 is 43.0 Å². The second-order valence-corrected chi connectivity index (χ2v) is 7.28. The molecule has 7 heteroatoms. The zero-order valence-electron chi connectivity index (χ0n) is 9.34. The molecule has 96 valence electrons. The highest BCUT2D eigenvalue weighted by Gasteiger charge is 2.20. The highest BCUT2D eigenvalue weighted by Crippen LogP contribution is 2.32. The van der Waals surface area contributed by atoms with Crippen molar-refractivity contribution in [3.8, 4) is 5.75 Å². The minimum Gasteiger partial charge on any atom is -0.505 e. The Kier molecular flexibility index (Phi) is 3.65. The SMILES string of the molecule is Cc1cccc(NS(=O)(=O)c2sccc2Br)c1O. The van der Waals surface area contributed by atoms with E-state index in [1.54, 1.807) is 30.5 Å². The number of rotatable bonds is 3. The molecule has 2 N–H and O–H groups in total. The number of aromatic hydroxyl groups is 1. The second kappa shape index (κ2) is 4.91. The van der Waals surface area contributed by atoms with Gasteiger partial charge in [0, 0.05) is 4.47 Å². The van der Waals surface area contributed by atoms with E-state index in [4.69, 9.17) is 0 Å². The maximum atomic E-state index is 12.1. The van der Waals surface area contributed by atoms with E-state index < -0.39 is 10.0 Å². The van der Waals surface area contributed by atoms with Crippen molar-refractivity contribution in [2.45, 2.75) is 11.1 Å². The maximum absolute atomic E-state index is 12.1. The average molecular weight is 348 g/mol. The number of phenolic OH excluding ortho intramolecular Hbond substituents is 1. The molecule has 2 aromatic rings. The Hall–Kier alpha value is -1.05. The number of hydrogen-bond donors (Lipinski definition) is 2. The van der Waals surface area contributed by atoms with Crippen LogP contribution in [0.4, 0.5) is 5.69 Å². The van der Waals surface area contributed by atoms with Crippen LogP contribution in [0.5, 0.6) is 5.75 Å². The van der Waals surface area contributed by atoms with E-state index in [0.29, 0.717) is 10.0 Å². The Morgan fingerprint density at radius 1 is 1.33 bits per heavy atom. The normalized spacial score (nSPS) is 11.4. The van der Waals surface area contributed by atoms with Crippen LogP contribution >= 0.6 is 27.3 Å². The fourth-order valence-electron chi connectivity index (χ4n) is 1.40. The third-order valence-corrected chi connectivity index (χ3v) is 6.35. The molecular weight excluding hydrogens is 338 g/mol. The van der Waals surface area contributed by atoms with E-state index in [1.807, 2.05) is 0 Å². The van der Waals surface area contributed by atoms with Gasteiger partial charge in [-0.2, -0.15) is 0 Å². The van der Waals surface area contributed by atoms with Gasteiger partial charge in [0.15, 0.2) is 4.21 Å². The number of sulfonamides is 1. The molecule has 0 unspecified atom stereocenters. The van der Waals surface area contributed by atoms with Crippen LogP contribution in [-0.4, -0.2) is 13.5 Å². The van der Waals surface area contributed by atoms with Crippen LogP contribution in [0.3, 0.4) is 0 Å². The number of para-hydroxylation sites is 1. The van der Waals surface area contributed by atoms with E-state index in [0.717, 1.165) is 11.3 Å². The van der Waals surface area contributed by atoms with Crippen LogP contribution in [0, 0.1) is 6.92 Å². The number of halogens is 1. The number of hydrogen-bond acceptors (Lipinski definition) is 4. The van der Waals surface area contributed by atoms with Gasteiger partial charge in [-0.3, -0.25) is 4.72 Å². The number of thiophene rings is 1. The molecule has 1 heterocycles. The Bertz CT molecular complexity index is 679. The summed E-state index contributed by atoms with van der Waals surface area (Å²) in [4.78, 5) is 0. The summed E-state index contributed by atoms with van der Waals surface area (Å²) in [6.07, 6.45) is 0. The monoisotopic (exact) mass is 347 g/mol. The lowest BCUT2D eigenvalue weighted by Crippen LogP contribution is -2.12. The Balaban J connectivity index is 2.40. The number of benzene rings is 1. The van der Waals surface area contributed by atoms with Gasteiger partial charge in [0.2, 0.25) is 0 Å². The first-order valence-corrected chi connectivity index (χ1v) is 8.12. The lowest BCUT2D eigenvalue weighted by atomic mass is 10.2. The van der Waals surface area contributed by atoms with Gasteiger partial charge in [-0.05, 0) is 45.9 Å². The van der Waals surface area contributed by atoms with Gasteiger partial charge in [-0.15, -0.1) is 11.3 Å². The highest BCUT2D eigenvalue weighted by molar-refractivity contribution is 9.10. The van der Waals surface area contributed by atoms with E-state index in [-0.39, 0.29) is 15.6 Å². The van der Waals surface area contributed by atoms with Crippen LogP contribution in [0.1, 0.15) is 5.56 Å². The lowest BCUT2D eigenvalue weighted by molar-refractivity contribution is 0.473. The van der Waals surface area contributed by atoms with Crippen LogP contribution < -0.4 is 4.72 Å². The van der Waals surface area contributed by atoms with Gasteiger partial charge in [0.25, 0.3) is 10.0 Å². The zero-order valence-corrected chi connectivity index (χ0v) is 12.6. The standard InChI is InChI=1S/C11H10BrNO3S2/c1-7-3-2-4-9(10(7)14)13-18(15,16)11-8(12)5-6-17-11/h2-6,13-14H,1H3. The molecule has 0 atom stereocenters. The summed E-state index contributed by atoms with van der Waals surface area (Å²) in [6.45, 7) is 1.70. The molecular formula is C11H10BrNO3S2. The molecule has 0 saturated heterocycles. The summed E-state index contributed by atoms with van der Waals surface area (Å²) in [7, 11) is -3.68. The van der Waals surface area contributed by atoms with Gasteiger partial charge in [-0.1, -0.05) is 12.1 Å². The third kappa shape index (κ3) is 2.52. The van der Waals surface area contributed by atoms with Gasteiger partial charge < -0.3 is 5.11 Å². The van der Waals surface area contributed by atoms with Crippen molar-refractivity contribution in [3.63, 3.8) is 0 Å². The molecule has 2 rings (SSSR count). The van der Waals surface area contributed by atoms with Crippen molar-refractivity contribution in [1.29, 1.82) is 0 Å². The topological polar surface area (TPSA) is 66.4 Å². The minimum absolute atomic E-state index is 0.0613. The van der Waals surface area contributed by atoms with E-state index in [2.05, 4.69) is 20.7 Å². The van der Waals surface area contributed by atoms with Gasteiger partial charge in [-0.25, -0.2) is 8.42 Å². The Morgan fingerprint density at radius 3 is 2.67 bits per heavy atom. The van der Waals surface area contributed by atoms with Crippen molar-refractivity contribution in [3.05, 3.63) is 39.7 Å². The van der Waals surface area contributed by atoms with Crippen molar-refractivity contribution in [1.82, 2.24) is 0 Å². The van der Waals surface area contributed by atoms with Gasteiger partial charge >= 0.3 is 0 Å². The molecule has 1 aromatic carbocycles. The number of nitrogens with one attached hydrogen (secondary N) is 1. The third-order valence-electron chi connectivity index (χ3n) is 2.31. The number of anilines is 1. The quantitative estimate of drug-likeness (QED) is 0.837. The lowest BCUT2D eigenvalue weighted by Gasteiger charge is -2.10. The first-order valence-electron chi connectivity index (χ1n) is 4.96. The molecule has 0 radical (unpaired) electrons. The smallest absolute Gasteiger partial charge is 0.272 e. The minimum atomic E-state index is -3.68. The Labute approximate surface area is 117 Å². The van der Waals surface area contributed by atoms with Crippen LogP contribution in [-0.2, 0) is 10.0 Å². The molecule has 0 saturated carbocycles. The summed E-state index contributed by atoms with van der Waals surface area (Å²) in [5.74, 6) is -0.0613. The molecule has 0 aliphatic heterocycles. The first-order chi connectivity index (χ1) is 8.42. The summed E-state index contributed by atoms with van der Waals surface area (Å²) in [5.41, 5.74) is 0.788. The number of phenols is 1. The summed E-state index contributed by atoms with van der Waals surface area (Å²) in [6, 6.07) is 6.56. The van der Waals surface area contributed by atoms with Crippen LogP contribution in [0.15, 0.2) is 38.3 Å². The molecule has 18 heavy (non-hydrogen) atoms. The largest absolute Gasteiger partial charge is 0.505 e. The summed E-state index contributed by atoms with van der Waals surface area (Å²) >= 11 is 4.28. The predicted molar refractivity (Wildman–Crippen MR) is 75.7 cm³/mol. The summed E-state index contributed by atoms with van der Waals surface area (Å²) < 4.78 is 27.3. The average Bonchev–Trinajstić information content (AvgIpc) is 2.72. The molecule has 0 amide bonds. The molecule has 0 aliphatic carbocycles. The first kappa shape index (κ1) is 13.4.